The Morgan fingerprint density at radius 3 is 2.57 bits per heavy atom. The molecule has 4 saturated heterocycles. The van der Waals surface area contributed by atoms with E-state index in [9.17, 15) is 9.18 Å². The summed E-state index contributed by atoms with van der Waals surface area (Å²) in [5.74, 6) is 7.11. The fourth-order valence-corrected chi connectivity index (χ4v) is 8.20. The van der Waals surface area contributed by atoms with Crippen molar-refractivity contribution in [2.45, 2.75) is 95.6 Å². The van der Waals surface area contributed by atoms with Gasteiger partial charge in [-0.25, -0.2) is 13.6 Å². The summed E-state index contributed by atoms with van der Waals surface area (Å²) in [7, 11) is 1.54. The number of amides is 1. The topological polar surface area (TPSA) is 102 Å². The van der Waals surface area contributed by atoms with Crippen molar-refractivity contribution in [3.05, 3.63) is 47.0 Å². The fourth-order valence-electron chi connectivity index (χ4n) is 8.20. The van der Waals surface area contributed by atoms with Gasteiger partial charge in [0.2, 0.25) is 11.8 Å². The first-order valence-corrected chi connectivity index (χ1v) is 17.9. The van der Waals surface area contributed by atoms with E-state index in [0.29, 0.717) is 60.7 Å². The van der Waals surface area contributed by atoms with Gasteiger partial charge in [0.15, 0.2) is 6.79 Å². The summed E-state index contributed by atoms with van der Waals surface area (Å²) >= 11 is 0. The molecule has 11 nitrogen and oxygen atoms in total. The van der Waals surface area contributed by atoms with E-state index in [1.54, 1.807) is 19.2 Å². The molecule has 0 N–H and O–H groups in total. The van der Waals surface area contributed by atoms with E-state index >= 15 is 4.39 Å². The number of rotatable bonds is 8. The third-order valence-electron chi connectivity index (χ3n) is 10.4. The quantitative estimate of drug-likeness (QED) is 0.216. The lowest BCUT2D eigenvalue weighted by Gasteiger charge is -2.41. The average molecular weight is 705 g/mol. The number of aromatic nitrogens is 3. The molecular weight excluding hydrogens is 658 g/mol. The van der Waals surface area contributed by atoms with Crippen molar-refractivity contribution in [1.29, 1.82) is 0 Å². The molecule has 0 aliphatic carbocycles. The average Bonchev–Trinajstić information content (AvgIpc) is 3.71. The van der Waals surface area contributed by atoms with Gasteiger partial charge in [-0.05, 0) is 94.5 Å². The molecule has 4 aliphatic rings. The van der Waals surface area contributed by atoms with E-state index < -0.39 is 17.3 Å². The standard InChI is InChI=1S/C38H46F2N6O5/c1-6-30-31(40)12-8-24-16-29(50-23-48-5)17-25(33(24)30)9-13-32-41-34(43-35(42-32)49-22-38-14-7-15-45(38)19-26(39)18-38)44-20-27-10-11-28(21-44)46(27)36(47)51-37(2,3)4/h8,12,16-17,26-28H,6-7,10-11,14-15,18-23H2,1-5H3/t26-,27-,28+,38+/m1/s1. The molecule has 0 spiro atoms. The second kappa shape index (κ2) is 14.0. The van der Waals surface area contributed by atoms with Crippen molar-refractivity contribution in [2.75, 3.05) is 51.6 Å². The van der Waals surface area contributed by atoms with Crippen LogP contribution in [-0.2, 0) is 15.9 Å². The molecule has 1 aromatic heterocycles. The highest BCUT2D eigenvalue weighted by Crippen LogP contribution is 2.40. The molecule has 5 heterocycles. The Labute approximate surface area is 297 Å². The highest BCUT2D eigenvalue weighted by molar-refractivity contribution is 5.92. The van der Waals surface area contributed by atoms with Crippen LogP contribution in [0.5, 0.6) is 11.8 Å². The van der Waals surface area contributed by atoms with Gasteiger partial charge in [0.05, 0.1) is 17.6 Å². The first-order valence-electron chi connectivity index (χ1n) is 17.9. The SMILES string of the molecule is CCc1c(F)ccc2cc(OCOC)cc(C#Cc3nc(OC[C@@]45CCCN4C[C@H](F)C5)nc(N4C[C@H]5CC[C@@H](C4)N5C(=O)OC(C)(C)C)n3)c12. The number of benzene rings is 2. The minimum atomic E-state index is -0.891. The lowest BCUT2D eigenvalue weighted by atomic mass is 9.95. The Hall–Kier alpha value is -4.28. The molecule has 4 atom stereocenters. The number of fused-ring (bicyclic) bond motifs is 4. The number of alkyl halides is 1. The Kier molecular flexibility index (Phi) is 9.67. The van der Waals surface area contributed by atoms with Crippen molar-refractivity contribution in [2.24, 2.45) is 0 Å². The number of halogens is 2. The summed E-state index contributed by atoms with van der Waals surface area (Å²) in [6.07, 6.45) is 3.21. The van der Waals surface area contributed by atoms with Crippen molar-refractivity contribution in [3.8, 4) is 23.6 Å². The Morgan fingerprint density at radius 1 is 1.06 bits per heavy atom. The van der Waals surface area contributed by atoms with Gasteiger partial charge in [0.1, 0.15) is 29.9 Å². The molecule has 2 bridgehead atoms. The number of carbonyl (C=O) groups excluding carboxylic acids is 1. The van der Waals surface area contributed by atoms with Gasteiger partial charge in [-0.15, -0.1) is 0 Å². The van der Waals surface area contributed by atoms with E-state index in [0.717, 1.165) is 37.6 Å². The smallest absolute Gasteiger partial charge is 0.410 e. The number of piperazine rings is 1. The molecule has 0 radical (unpaired) electrons. The maximum atomic E-state index is 15.0. The minimum Gasteiger partial charge on any atom is -0.468 e. The van der Waals surface area contributed by atoms with Crippen LogP contribution in [0.2, 0.25) is 0 Å². The van der Waals surface area contributed by atoms with Crippen LogP contribution in [0.25, 0.3) is 10.8 Å². The molecule has 51 heavy (non-hydrogen) atoms. The van der Waals surface area contributed by atoms with E-state index in [1.807, 2.05) is 38.7 Å². The van der Waals surface area contributed by atoms with E-state index in [4.69, 9.17) is 28.9 Å². The normalized spacial score (nSPS) is 24.4. The zero-order valence-corrected chi connectivity index (χ0v) is 30.0. The number of hydrogen-bond acceptors (Lipinski definition) is 10. The molecule has 4 aliphatic heterocycles. The predicted octanol–water partition coefficient (Wildman–Crippen LogP) is 5.65. The Morgan fingerprint density at radius 2 is 1.84 bits per heavy atom. The molecule has 2 aromatic carbocycles. The van der Waals surface area contributed by atoms with Crippen LogP contribution in [0, 0.1) is 17.7 Å². The van der Waals surface area contributed by atoms with E-state index in [-0.39, 0.29) is 49.2 Å². The fraction of sp³-hybridized carbons (Fsp3) is 0.579. The Bertz CT molecular complexity index is 1850. The van der Waals surface area contributed by atoms with Gasteiger partial charge in [-0.1, -0.05) is 18.9 Å². The molecule has 3 aromatic rings. The van der Waals surface area contributed by atoms with Crippen LogP contribution >= 0.6 is 0 Å². The van der Waals surface area contributed by atoms with Crippen molar-refractivity contribution < 1.29 is 32.5 Å². The number of aryl methyl sites for hydroxylation is 1. The maximum Gasteiger partial charge on any atom is 0.410 e. The third-order valence-corrected chi connectivity index (χ3v) is 10.4. The second-order valence-corrected chi connectivity index (χ2v) is 15.0. The number of carbonyl (C=O) groups is 1. The summed E-state index contributed by atoms with van der Waals surface area (Å²) in [5, 5.41) is 1.48. The molecule has 0 unspecified atom stereocenters. The number of anilines is 1. The van der Waals surface area contributed by atoms with Crippen molar-refractivity contribution in [1.82, 2.24) is 24.8 Å². The minimum absolute atomic E-state index is 0.0446. The highest BCUT2D eigenvalue weighted by Gasteiger charge is 2.50. The lowest BCUT2D eigenvalue weighted by molar-refractivity contribution is 0.0122. The van der Waals surface area contributed by atoms with Gasteiger partial charge >= 0.3 is 12.1 Å². The second-order valence-electron chi connectivity index (χ2n) is 15.0. The predicted molar refractivity (Wildman–Crippen MR) is 187 cm³/mol. The monoisotopic (exact) mass is 704 g/mol. The van der Waals surface area contributed by atoms with Crippen LogP contribution in [0.15, 0.2) is 24.3 Å². The zero-order valence-electron chi connectivity index (χ0n) is 30.0. The largest absolute Gasteiger partial charge is 0.468 e. The van der Waals surface area contributed by atoms with Gasteiger partial charge in [0.25, 0.3) is 0 Å². The summed E-state index contributed by atoms with van der Waals surface area (Å²) in [6.45, 7) is 10.1. The first kappa shape index (κ1) is 35.1. The molecule has 7 rings (SSSR count). The number of nitrogens with zero attached hydrogens (tertiary/aromatic N) is 6. The van der Waals surface area contributed by atoms with Gasteiger partial charge in [0, 0.05) is 44.1 Å². The molecule has 0 saturated carbocycles. The van der Waals surface area contributed by atoms with E-state index in [1.165, 1.54) is 6.07 Å². The summed E-state index contributed by atoms with van der Waals surface area (Å²) < 4.78 is 52.5. The summed E-state index contributed by atoms with van der Waals surface area (Å²) in [4.78, 5) is 33.4. The maximum absolute atomic E-state index is 15.0. The third kappa shape index (κ3) is 7.26. The number of hydrogen-bond donors (Lipinski definition) is 0. The van der Waals surface area contributed by atoms with Crippen LogP contribution in [-0.4, -0.2) is 107 Å². The van der Waals surface area contributed by atoms with Gasteiger partial charge < -0.3 is 23.8 Å². The molecule has 4 fully saturated rings. The van der Waals surface area contributed by atoms with Crippen LogP contribution < -0.4 is 14.4 Å². The van der Waals surface area contributed by atoms with Crippen LogP contribution in [0.3, 0.4) is 0 Å². The molecule has 272 valence electrons. The molecule has 1 amide bonds. The number of methoxy groups -OCH3 is 1. The zero-order chi connectivity index (χ0) is 35.9. The van der Waals surface area contributed by atoms with Crippen LogP contribution in [0.1, 0.15) is 76.8 Å². The molecule has 13 heteroatoms. The van der Waals surface area contributed by atoms with Crippen molar-refractivity contribution >= 4 is 22.8 Å². The molecular formula is C38H46F2N6O5. The van der Waals surface area contributed by atoms with Gasteiger partial charge in [-0.2, -0.15) is 15.0 Å². The first-order chi connectivity index (χ1) is 24.4. The van der Waals surface area contributed by atoms with Crippen molar-refractivity contribution in [3.63, 3.8) is 0 Å². The summed E-state index contributed by atoms with van der Waals surface area (Å²) in [6, 6.07) is 6.75. The van der Waals surface area contributed by atoms with E-state index in [2.05, 4.69) is 26.6 Å². The van der Waals surface area contributed by atoms with Crippen LogP contribution in [0.4, 0.5) is 19.5 Å². The number of ether oxygens (including phenoxy) is 4. The van der Waals surface area contributed by atoms with Gasteiger partial charge in [-0.3, -0.25) is 9.80 Å². The Balaban J connectivity index is 1.24. The highest BCUT2D eigenvalue weighted by atomic mass is 19.1. The summed E-state index contributed by atoms with van der Waals surface area (Å²) in [5.41, 5.74) is 0.126. The lowest BCUT2D eigenvalue weighted by Crippen LogP contribution is -2.57.